The maximum Gasteiger partial charge on any atom is 0.220 e. The molecule has 1 N–H and O–H groups in total. The predicted octanol–water partition coefficient (Wildman–Crippen LogP) is 4.97. The normalized spacial score (nSPS) is 12.3. The molecule has 0 bridgehead atoms. The van der Waals surface area contributed by atoms with Crippen molar-refractivity contribution in [3.63, 3.8) is 0 Å². The van der Waals surface area contributed by atoms with Gasteiger partial charge in [0.1, 0.15) is 0 Å². The van der Waals surface area contributed by atoms with Gasteiger partial charge in [-0.1, -0.05) is 63.1 Å². The van der Waals surface area contributed by atoms with Crippen LogP contribution in [0.5, 0.6) is 0 Å². The summed E-state index contributed by atoms with van der Waals surface area (Å²) in [6.45, 7) is 4.39. The van der Waals surface area contributed by atoms with Crippen LogP contribution in [0.3, 0.4) is 0 Å². The van der Waals surface area contributed by atoms with Crippen LogP contribution in [-0.4, -0.2) is 5.91 Å². The van der Waals surface area contributed by atoms with Crippen molar-refractivity contribution < 1.29 is 4.79 Å². The molecular weight excluding hydrogens is 290 g/mol. The second-order valence-electron chi connectivity index (χ2n) is 5.61. The van der Waals surface area contributed by atoms with Gasteiger partial charge in [0.05, 0.1) is 6.04 Å². The van der Waals surface area contributed by atoms with E-state index < -0.39 is 0 Å². The molecule has 0 spiro atoms. The number of aryl methyl sites for hydroxylation is 1. The van der Waals surface area contributed by atoms with Crippen molar-refractivity contribution in [2.75, 3.05) is 0 Å². The zero-order chi connectivity index (χ0) is 15.8. The van der Waals surface area contributed by atoms with Crippen LogP contribution in [-0.2, 0) is 11.2 Å². The van der Waals surface area contributed by atoms with Crippen molar-refractivity contribution in [3.05, 3.63) is 58.3 Å². The van der Waals surface area contributed by atoms with Gasteiger partial charge in [0, 0.05) is 11.3 Å². The standard InChI is InChI=1S/C19H25NOS/c1-3-15(4-2)19(16-9-6-5-7-10-16)20-18(21)13-12-17-11-8-14-22-17/h5-11,14-15,19H,3-4,12-13H2,1-2H3,(H,20,21)/t19-/m1/s1. The fourth-order valence-corrected chi connectivity index (χ4v) is 3.54. The number of carbonyl (C=O) groups is 1. The van der Waals surface area contributed by atoms with E-state index in [9.17, 15) is 4.79 Å². The van der Waals surface area contributed by atoms with Crippen molar-refractivity contribution in [2.45, 2.75) is 45.6 Å². The van der Waals surface area contributed by atoms with E-state index in [4.69, 9.17) is 0 Å². The highest BCUT2D eigenvalue weighted by Crippen LogP contribution is 2.27. The first-order valence-electron chi connectivity index (χ1n) is 8.11. The van der Waals surface area contributed by atoms with E-state index >= 15 is 0 Å². The molecule has 0 saturated heterocycles. The first-order valence-corrected chi connectivity index (χ1v) is 8.99. The second kappa shape index (κ2) is 8.74. The molecule has 22 heavy (non-hydrogen) atoms. The van der Waals surface area contributed by atoms with E-state index in [-0.39, 0.29) is 11.9 Å². The molecule has 3 heteroatoms. The number of hydrogen-bond acceptors (Lipinski definition) is 2. The van der Waals surface area contributed by atoms with Crippen molar-refractivity contribution in [3.8, 4) is 0 Å². The monoisotopic (exact) mass is 315 g/mol. The van der Waals surface area contributed by atoms with E-state index in [0.717, 1.165) is 19.3 Å². The lowest BCUT2D eigenvalue weighted by Crippen LogP contribution is -2.33. The minimum absolute atomic E-state index is 0.118. The molecule has 0 radical (unpaired) electrons. The van der Waals surface area contributed by atoms with E-state index in [1.54, 1.807) is 11.3 Å². The number of rotatable bonds is 8. The molecule has 2 nitrogen and oxygen atoms in total. The van der Waals surface area contributed by atoms with Crippen LogP contribution in [0.15, 0.2) is 47.8 Å². The van der Waals surface area contributed by atoms with Gasteiger partial charge in [0.15, 0.2) is 0 Å². The fraction of sp³-hybridized carbons (Fsp3) is 0.421. The molecule has 1 heterocycles. The molecule has 1 atom stereocenters. The summed E-state index contributed by atoms with van der Waals surface area (Å²) < 4.78 is 0. The topological polar surface area (TPSA) is 29.1 Å². The van der Waals surface area contributed by atoms with Gasteiger partial charge in [-0.15, -0.1) is 11.3 Å². The molecule has 2 rings (SSSR count). The van der Waals surface area contributed by atoms with Gasteiger partial charge in [-0.25, -0.2) is 0 Å². The summed E-state index contributed by atoms with van der Waals surface area (Å²) in [6.07, 6.45) is 3.53. The van der Waals surface area contributed by atoms with Gasteiger partial charge < -0.3 is 5.32 Å². The van der Waals surface area contributed by atoms with Crippen molar-refractivity contribution in [1.82, 2.24) is 5.32 Å². The minimum Gasteiger partial charge on any atom is -0.349 e. The quantitative estimate of drug-likeness (QED) is 0.732. The number of amides is 1. The van der Waals surface area contributed by atoms with Crippen LogP contribution in [0, 0.1) is 5.92 Å². The number of benzene rings is 1. The Morgan fingerprint density at radius 2 is 1.82 bits per heavy atom. The first kappa shape index (κ1) is 16.8. The molecule has 2 aromatic rings. The first-order chi connectivity index (χ1) is 10.7. The lowest BCUT2D eigenvalue weighted by Gasteiger charge is -2.27. The molecule has 1 aromatic carbocycles. The average Bonchev–Trinajstić information content (AvgIpc) is 3.07. The third kappa shape index (κ3) is 4.70. The zero-order valence-corrected chi connectivity index (χ0v) is 14.2. The third-order valence-corrected chi connectivity index (χ3v) is 5.11. The molecule has 0 aliphatic rings. The molecule has 118 valence electrons. The Kier molecular flexibility index (Phi) is 6.66. The molecule has 0 fully saturated rings. The van der Waals surface area contributed by atoms with Gasteiger partial charge in [0.25, 0.3) is 0 Å². The Bertz CT molecular complexity index is 546. The molecule has 1 aromatic heterocycles. The Hall–Kier alpha value is -1.61. The Balaban J connectivity index is 2.01. The maximum absolute atomic E-state index is 12.4. The van der Waals surface area contributed by atoms with Crippen LogP contribution < -0.4 is 5.32 Å². The highest BCUT2D eigenvalue weighted by atomic mass is 32.1. The van der Waals surface area contributed by atoms with E-state index in [2.05, 4.69) is 42.7 Å². The van der Waals surface area contributed by atoms with Crippen LogP contribution in [0.2, 0.25) is 0 Å². The average molecular weight is 315 g/mol. The smallest absolute Gasteiger partial charge is 0.220 e. The lowest BCUT2D eigenvalue weighted by atomic mass is 9.88. The Morgan fingerprint density at radius 1 is 1.09 bits per heavy atom. The fourth-order valence-electron chi connectivity index (χ4n) is 2.83. The molecule has 0 aliphatic carbocycles. The number of thiophene rings is 1. The molecule has 0 unspecified atom stereocenters. The number of hydrogen-bond donors (Lipinski definition) is 1. The van der Waals surface area contributed by atoms with Crippen molar-refractivity contribution in [1.29, 1.82) is 0 Å². The van der Waals surface area contributed by atoms with Crippen LogP contribution >= 0.6 is 11.3 Å². The zero-order valence-electron chi connectivity index (χ0n) is 13.4. The summed E-state index contributed by atoms with van der Waals surface area (Å²) in [5, 5.41) is 5.32. The van der Waals surface area contributed by atoms with Gasteiger partial charge >= 0.3 is 0 Å². The molecule has 1 amide bonds. The Labute approximate surface area is 137 Å². The van der Waals surface area contributed by atoms with Gasteiger partial charge in [0.2, 0.25) is 5.91 Å². The molecule has 0 saturated carbocycles. The highest BCUT2D eigenvalue weighted by molar-refractivity contribution is 7.09. The summed E-state index contributed by atoms with van der Waals surface area (Å²) in [4.78, 5) is 13.6. The van der Waals surface area contributed by atoms with Crippen LogP contribution in [0.1, 0.15) is 49.6 Å². The van der Waals surface area contributed by atoms with Crippen molar-refractivity contribution >= 4 is 17.2 Å². The highest BCUT2D eigenvalue weighted by Gasteiger charge is 2.22. The van der Waals surface area contributed by atoms with E-state index in [0.29, 0.717) is 12.3 Å². The SMILES string of the molecule is CCC(CC)[C@@H](NC(=O)CCc1cccs1)c1ccccc1. The number of carbonyl (C=O) groups excluding carboxylic acids is 1. The number of nitrogens with one attached hydrogen (secondary N) is 1. The third-order valence-electron chi connectivity index (χ3n) is 4.17. The van der Waals surface area contributed by atoms with Crippen molar-refractivity contribution in [2.24, 2.45) is 5.92 Å². The summed E-state index contributed by atoms with van der Waals surface area (Å²) in [7, 11) is 0. The van der Waals surface area contributed by atoms with Gasteiger partial charge in [-0.2, -0.15) is 0 Å². The molecule has 0 aliphatic heterocycles. The summed E-state index contributed by atoms with van der Waals surface area (Å²) in [5.41, 5.74) is 1.21. The predicted molar refractivity (Wildman–Crippen MR) is 94.0 cm³/mol. The van der Waals surface area contributed by atoms with Crippen LogP contribution in [0.4, 0.5) is 0 Å². The maximum atomic E-state index is 12.4. The van der Waals surface area contributed by atoms with Gasteiger partial charge in [-0.05, 0) is 29.3 Å². The second-order valence-corrected chi connectivity index (χ2v) is 6.64. The largest absolute Gasteiger partial charge is 0.349 e. The summed E-state index contributed by atoms with van der Waals surface area (Å²) in [6, 6.07) is 14.6. The summed E-state index contributed by atoms with van der Waals surface area (Å²) >= 11 is 1.72. The van der Waals surface area contributed by atoms with Crippen LogP contribution in [0.25, 0.3) is 0 Å². The molecular formula is C19H25NOS. The lowest BCUT2D eigenvalue weighted by molar-refractivity contribution is -0.122. The van der Waals surface area contributed by atoms with E-state index in [1.807, 2.05) is 24.3 Å². The minimum atomic E-state index is 0.118. The summed E-state index contributed by atoms with van der Waals surface area (Å²) in [5.74, 6) is 0.627. The van der Waals surface area contributed by atoms with Gasteiger partial charge in [-0.3, -0.25) is 4.79 Å². The van der Waals surface area contributed by atoms with E-state index in [1.165, 1.54) is 10.4 Å². The Morgan fingerprint density at radius 3 is 2.41 bits per heavy atom.